The van der Waals surface area contributed by atoms with Crippen molar-refractivity contribution in [3.63, 3.8) is 0 Å². The molecule has 7 heteroatoms. The Kier molecular flexibility index (Phi) is 5.94. The van der Waals surface area contributed by atoms with Gasteiger partial charge in [0.1, 0.15) is 5.58 Å². The van der Waals surface area contributed by atoms with Crippen LogP contribution in [0.5, 0.6) is 0 Å². The Bertz CT molecular complexity index is 948. The normalized spacial score (nSPS) is 20.1. The second kappa shape index (κ2) is 8.78. The van der Waals surface area contributed by atoms with E-state index in [0.717, 1.165) is 19.3 Å². The zero-order chi connectivity index (χ0) is 20.2. The molecule has 0 unspecified atom stereocenters. The van der Waals surface area contributed by atoms with E-state index in [9.17, 15) is 14.4 Å². The SMILES string of the molecule is O=C(CC[C@H]1CCCN(C(=O)c2cc(=O)c3ccccc3o2)C1)N1CCOCC1. The Morgan fingerprint density at radius 3 is 2.69 bits per heavy atom. The van der Waals surface area contributed by atoms with Crippen LogP contribution in [0.3, 0.4) is 0 Å². The van der Waals surface area contributed by atoms with Gasteiger partial charge in [-0.15, -0.1) is 0 Å². The van der Waals surface area contributed by atoms with Gasteiger partial charge in [-0.2, -0.15) is 0 Å². The van der Waals surface area contributed by atoms with E-state index in [-0.39, 0.29) is 28.9 Å². The molecule has 2 amide bonds. The van der Waals surface area contributed by atoms with Gasteiger partial charge in [0.2, 0.25) is 5.91 Å². The molecule has 0 aliphatic carbocycles. The second-order valence-electron chi connectivity index (χ2n) is 7.76. The monoisotopic (exact) mass is 398 g/mol. The summed E-state index contributed by atoms with van der Waals surface area (Å²) in [4.78, 5) is 41.2. The lowest BCUT2D eigenvalue weighted by Crippen LogP contribution is -2.42. The van der Waals surface area contributed by atoms with Crippen molar-refractivity contribution in [3.05, 3.63) is 46.3 Å². The summed E-state index contributed by atoms with van der Waals surface area (Å²) in [6.07, 6.45) is 3.15. The Morgan fingerprint density at radius 1 is 1.07 bits per heavy atom. The summed E-state index contributed by atoms with van der Waals surface area (Å²) in [6.45, 7) is 3.77. The van der Waals surface area contributed by atoms with Gasteiger partial charge < -0.3 is 19.0 Å². The molecule has 1 aromatic carbocycles. The molecule has 2 saturated heterocycles. The van der Waals surface area contributed by atoms with E-state index in [1.54, 1.807) is 29.2 Å². The van der Waals surface area contributed by atoms with Crippen molar-refractivity contribution in [3.8, 4) is 0 Å². The summed E-state index contributed by atoms with van der Waals surface area (Å²) in [6, 6.07) is 8.23. The first-order valence-corrected chi connectivity index (χ1v) is 10.3. The number of hydrogen-bond acceptors (Lipinski definition) is 5. The lowest BCUT2D eigenvalue weighted by molar-refractivity contribution is -0.135. The van der Waals surface area contributed by atoms with E-state index < -0.39 is 0 Å². The number of ether oxygens (including phenoxy) is 1. The molecule has 0 radical (unpaired) electrons. The molecule has 4 rings (SSSR count). The van der Waals surface area contributed by atoms with Gasteiger partial charge in [-0.05, 0) is 37.3 Å². The highest BCUT2D eigenvalue weighted by Gasteiger charge is 2.27. The van der Waals surface area contributed by atoms with Crippen molar-refractivity contribution >= 4 is 22.8 Å². The number of rotatable bonds is 4. The second-order valence-corrected chi connectivity index (χ2v) is 7.76. The van der Waals surface area contributed by atoms with Crippen molar-refractivity contribution in [1.82, 2.24) is 9.80 Å². The topological polar surface area (TPSA) is 80.1 Å². The largest absolute Gasteiger partial charge is 0.451 e. The van der Waals surface area contributed by atoms with E-state index in [0.29, 0.717) is 56.8 Å². The summed E-state index contributed by atoms with van der Waals surface area (Å²) in [5, 5.41) is 0.474. The van der Waals surface area contributed by atoms with E-state index in [1.165, 1.54) is 6.07 Å². The number of nitrogens with zero attached hydrogens (tertiary/aromatic N) is 2. The van der Waals surface area contributed by atoms with Crippen molar-refractivity contribution in [2.45, 2.75) is 25.7 Å². The fourth-order valence-corrected chi connectivity index (χ4v) is 4.15. The Hall–Kier alpha value is -2.67. The van der Waals surface area contributed by atoms with Gasteiger partial charge in [-0.25, -0.2) is 0 Å². The van der Waals surface area contributed by atoms with Crippen molar-refractivity contribution in [2.24, 2.45) is 5.92 Å². The summed E-state index contributed by atoms with van der Waals surface area (Å²) in [5.41, 5.74) is 0.216. The van der Waals surface area contributed by atoms with Crippen LogP contribution in [0.2, 0.25) is 0 Å². The predicted molar refractivity (Wildman–Crippen MR) is 108 cm³/mol. The molecule has 154 valence electrons. The van der Waals surface area contributed by atoms with Crippen LogP contribution in [0.15, 0.2) is 39.5 Å². The number of carbonyl (C=O) groups is 2. The predicted octanol–water partition coefficient (Wildman–Crippen LogP) is 2.28. The summed E-state index contributed by atoms with van der Waals surface area (Å²) < 4.78 is 11.0. The molecule has 2 aliphatic rings. The number of hydrogen-bond donors (Lipinski definition) is 0. The van der Waals surface area contributed by atoms with Gasteiger partial charge in [0, 0.05) is 38.7 Å². The average molecular weight is 398 g/mol. The minimum atomic E-state index is -0.253. The van der Waals surface area contributed by atoms with E-state index in [4.69, 9.17) is 9.15 Å². The molecule has 2 fully saturated rings. The highest BCUT2D eigenvalue weighted by Crippen LogP contribution is 2.23. The number of amides is 2. The first kappa shape index (κ1) is 19.6. The van der Waals surface area contributed by atoms with Crippen LogP contribution in [-0.4, -0.2) is 61.0 Å². The maximum Gasteiger partial charge on any atom is 0.289 e. The molecule has 0 N–H and O–H groups in total. The fraction of sp³-hybridized carbons (Fsp3) is 0.500. The Balaban J connectivity index is 1.38. The lowest BCUT2D eigenvalue weighted by atomic mass is 9.93. The zero-order valence-electron chi connectivity index (χ0n) is 16.5. The fourth-order valence-electron chi connectivity index (χ4n) is 4.15. The molecular weight excluding hydrogens is 372 g/mol. The van der Waals surface area contributed by atoms with Gasteiger partial charge in [-0.1, -0.05) is 12.1 Å². The number of carbonyl (C=O) groups excluding carboxylic acids is 2. The van der Waals surface area contributed by atoms with Crippen LogP contribution < -0.4 is 5.43 Å². The van der Waals surface area contributed by atoms with Gasteiger partial charge in [0.25, 0.3) is 5.91 Å². The molecule has 0 saturated carbocycles. The van der Waals surface area contributed by atoms with Crippen LogP contribution in [0.4, 0.5) is 0 Å². The summed E-state index contributed by atoms with van der Waals surface area (Å²) >= 11 is 0. The maximum absolute atomic E-state index is 12.9. The molecule has 1 atom stereocenters. The van der Waals surface area contributed by atoms with Gasteiger partial charge in [-0.3, -0.25) is 14.4 Å². The van der Waals surface area contributed by atoms with E-state index in [2.05, 4.69) is 0 Å². The zero-order valence-corrected chi connectivity index (χ0v) is 16.5. The highest BCUT2D eigenvalue weighted by molar-refractivity contribution is 5.93. The number of fused-ring (bicyclic) bond motifs is 1. The van der Waals surface area contributed by atoms with E-state index >= 15 is 0 Å². The average Bonchev–Trinajstić information content (AvgIpc) is 2.77. The van der Waals surface area contributed by atoms with Crippen LogP contribution in [0.25, 0.3) is 11.0 Å². The van der Waals surface area contributed by atoms with Crippen LogP contribution in [-0.2, 0) is 9.53 Å². The number of morpholine rings is 1. The lowest BCUT2D eigenvalue weighted by Gasteiger charge is -2.33. The third-order valence-corrected chi connectivity index (χ3v) is 5.78. The molecule has 3 heterocycles. The van der Waals surface area contributed by atoms with Crippen LogP contribution in [0.1, 0.15) is 36.2 Å². The third kappa shape index (κ3) is 4.50. The smallest absolute Gasteiger partial charge is 0.289 e. The molecule has 2 aliphatic heterocycles. The van der Waals surface area contributed by atoms with Crippen LogP contribution >= 0.6 is 0 Å². The van der Waals surface area contributed by atoms with Gasteiger partial charge in [0.05, 0.1) is 18.6 Å². The number of piperidine rings is 1. The Morgan fingerprint density at radius 2 is 1.86 bits per heavy atom. The van der Waals surface area contributed by atoms with Crippen molar-refractivity contribution in [1.29, 1.82) is 0 Å². The molecule has 7 nitrogen and oxygen atoms in total. The molecule has 0 spiro atoms. The third-order valence-electron chi connectivity index (χ3n) is 5.78. The molecule has 29 heavy (non-hydrogen) atoms. The summed E-state index contributed by atoms with van der Waals surface area (Å²) in [5.74, 6) is 0.276. The van der Waals surface area contributed by atoms with Crippen molar-refractivity contribution < 1.29 is 18.7 Å². The van der Waals surface area contributed by atoms with E-state index in [1.807, 2.05) is 4.90 Å². The standard InChI is InChI=1S/C22H26N2O5/c25-18-14-20(29-19-6-2-1-5-17(18)19)22(27)24-9-3-4-16(15-24)7-8-21(26)23-10-12-28-13-11-23/h1-2,5-6,14,16H,3-4,7-13,15H2/t16-/m1/s1. The van der Waals surface area contributed by atoms with Crippen LogP contribution in [0, 0.1) is 5.92 Å². The molecule has 1 aromatic heterocycles. The minimum absolute atomic E-state index is 0.0822. The molecular formula is C22H26N2O5. The maximum atomic E-state index is 12.9. The van der Waals surface area contributed by atoms with Gasteiger partial charge in [0.15, 0.2) is 11.2 Å². The number of likely N-dealkylation sites (tertiary alicyclic amines) is 1. The highest BCUT2D eigenvalue weighted by atomic mass is 16.5. The first-order chi connectivity index (χ1) is 14.1. The quantitative estimate of drug-likeness (QED) is 0.789. The first-order valence-electron chi connectivity index (χ1n) is 10.3. The molecule has 0 bridgehead atoms. The Labute approximate surface area is 169 Å². The number of benzene rings is 1. The minimum Gasteiger partial charge on any atom is -0.451 e. The van der Waals surface area contributed by atoms with Gasteiger partial charge >= 0.3 is 0 Å². The molecule has 2 aromatic rings. The van der Waals surface area contributed by atoms with Crippen molar-refractivity contribution in [2.75, 3.05) is 39.4 Å². The number of para-hydroxylation sites is 1. The summed E-state index contributed by atoms with van der Waals surface area (Å²) in [7, 11) is 0.